The SMILES string of the molecule is CCCNC(=O)Cn1c(=S)[nH]c2ccc(OC)nc21. The zero-order chi connectivity index (χ0) is 13.8. The van der Waals surface area contributed by atoms with Crippen LogP contribution in [0.4, 0.5) is 0 Å². The van der Waals surface area contributed by atoms with E-state index in [0.29, 0.717) is 22.8 Å². The standard InChI is InChI=1S/C12H16N4O2S/c1-3-6-13-9(17)7-16-11-8(14-12(16)19)4-5-10(15-11)18-2/h4-5H,3,6-7H2,1-2H3,(H,13,17)(H,14,19). The number of rotatable bonds is 5. The Labute approximate surface area is 115 Å². The number of aromatic amines is 1. The van der Waals surface area contributed by atoms with Gasteiger partial charge in [-0.25, -0.2) is 0 Å². The summed E-state index contributed by atoms with van der Waals surface area (Å²) in [7, 11) is 1.55. The van der Waals surface area contributed by atoms with Crippen molar-refractivity contribution in [3.05, 3.63) is 16.9 Å². The van der Waals surface area contributed by atoms with Gasteiger partial charge in [-0.05, 0) is 24.7 Å². The molecule has 7 heteroatoms. The van der Waals surface area contributed by atoms with Gasteiger partial charge in [-0.2, -0.15) is 4.98 Å². The van der Waals surface area contributed by atoms with E-state index >= 15 is 0 Å². The number of nitrogens with one attached hydrogen (secondary N) is 2. The van der Waals surface area contributed by atoms with E-state index in [9.17, 15) is 4.79 Å². The number of fused-ring (bicyclic) bond motifs is 1. The first kappa shape index (κ1) is 13.5. The van der Waals surface area contributed by atoms with Crippen LogP contribution in [-0.4, -0.2) is 34.1 Å². The van der Waals surface area contributed by atoms with Crippen molar-refractivity contribution in [1.29, 1.82) is 0 Å². The van der Waals surface area contributed by atoms with Gasteiger partial charge in [0.05, 0.1) is 12.6 Å². The number of hydrogen-bond donors (Lipinski definition) is 2. The van der Waals surface area contributed by atoms with E-state index in [1.165, 1.54) is 0 Å². The van der Waals surface area contributed by atoms with Gasteiger partial charge < -0.3 is 15.0 Å². The predicted molar refractivity (Wildman–Crippen MR) is 74.8 cm³/mol. The Morgan fingerprint density at radius 1 is 1.58 bits per heavy atom. The summed E-state index contributed by atoms with van der Waals surface area (Å²) in [5, 5.41) is 2.81. The van der Waals surface area contributed by atoms with Crippen LogP contribution in [0.1, 0.15) is 13.3 Å². The fourth-order valence-electron chi connectivity index (χ4n) is 1.74. The van der Waals surface area contributed by atoms with Crippen molar-refractivity contribution in [1.82, 2.24) is 19.9 Å². The summed E-state index contributed by atoms with van der Waals surface area (Å²) in [4.78, 5) is 19.1. The minimum absolute atomic E-state index is 0.0801. The zero-order valence-corrected chi connectivity index (χ0v) is 11.7. The van der Waals surface area contributed by atoms with Gasteiger partial charge in [0.15, 0.2) is 10.4 Å². The molecule has 0 aliphatic rings. The lowest BCUT2D eigenvalue weighted by Crippen LogP contribution is -2.28. The largest absolute Gasteiger partial charge is 0.481 e. The van der Waals surface area contributed by atoms with E-state index in [4.69, 9.17) is 17.0 Å². The molecule has 1 amide bonds. The van der Waals surface area contributed by atoms with Crippen LogP contribution in [-0.2, 0) is 11.3 Å². The van der Waals surface area contributed by atoms with E-state index in [0.717, 1.165) is 11.9 Å². The molecule has 0 radical (unpaired) electrons. The molecule has 0 saturated heterocycles. The third-order valence-corrected chi connectivity index (χ3v) is 3.00. The van der Waals surface area contributed by atoms with Crippen molar-refractivity contribution in [2.45, 2.75) is 19.9 Å². The number of carbonyl (C=O) groups is 1. The number of pyridine rings is 1. The molecule has 2 aromatic heterocycles. The second-order valence-electron chi connectivity index (χ2n) is 4.09. The minimum Gasteiger partial charge on any atom is -0.481 e. The Hall–Kier alpha value is -1.89. The number of carbonyl (C=O) groups excluding carboxylic acids is 1. The molecule has 2 N–H and O–H groups in total. The van der Waals surface area contributed by atoms with Crippen LogP contribution in [0.5, 0.6) is 5.88 Å². The van der Waals surface area contributed by atoms with E-state index in [1.807, 2.05) is 13.0 Å². The topological polar surface area (TPSA) is 71.9 Å². The highest BCUT2D eigenvalue weighted by Crippen LogP contribution is 2.16. The van der Waals surface area contributed by atoms with Crippen LogP contribution >= 0.6 is 12.2 Å². The molecule has 0 aliphatic carbocycles. The lowest BCUT2D eigenvalue weighted by atomic mass is 10.4. The van der Waals surface area contributed by atoms with Gasteiger partial charge in [0, 0.05) is 12.6 Å². The van der Waals surface area contributed by atoms with E-state index in [1.54, 1.807) is 17.7 Å². The molecular formula is C12H16N4O2S. The van der Waals surface area contributed by atoms with Gasteiger partial charge in [-0.15, -0.1) is 0 Å². The first-order valence-electron chi connectivity index (χ1n) is 6.06. The van der Waals surface area contributed by atoms with Gasteiger partial charge in [0.2, 0.25) is 11.8 Å². The Balaban J connectivity index is 2.33. The van der Waals surface area contributed by atoms with Crippen LogP contribution < -0.4 is 10.1 Å². The normalized spacial score (nSPS) is 10.6. The molecule has 6 nitrogen and oxygen atoms in total. The maximum Gasteiger partial charge on any atom is 0.240 e. The second-order valence-corrected chi connectivity index (χ2v) is 4.48. The third-order valence-electron chi connectivity index (χ3n) is 2.68. The summed E-state index contributed by atoms with van der Waals surface area (Å²) in [5.74, 6) is 0.410. The lowest BCUT2D eigenvalue weighted by Gasteiger charge is -2.05. The highest BCUT2D eigenvalue weighted by atomic mass is 32.1. The highest BCUT2D eigenvalue weighted by Gasteiger charge is 2.10. The fraction of sp³-hybridized carbons (Fsp3) is 0.417. The van der Waals surface area contributed by atoms with Crippen LogP contribution in [0.2, 0.25) is 0 Å². The molecule has 0 bridgehead atoms. The van der Waals surface area contributed by atoms with Gasteiger partial charge in [0.1, 0.15) is 6.54 Å². The minimum atomic E-state index is -0.0801. The number of nitrogens with zero attached hydrogens (tertiary/aromatic N) is 2. The van der Waals surface area contributed by atoms with Gasteiger partial charge >= 0.3 is 0 Å². The molecule has 2 heterocycles. The average Bonchev–Trinajstić information content (AvgIpc) is 2.72. The summed E-state index contributed by atoms with van der Waals surface area (Å²) in [5.41, 5.74) is 1.41. The summed E-state index contributed by atoms with van der Waals surface area (Å²) in [6.45, 7) is 2.81. The van der Waals surface area contributed by atoms with Crippen LogP contribution in [0.3, 0.4) is 0 Å². The van der Waals surface area contributed by atoms with E-state index in [2.05, 4.69) is 15.3 Å². The predicted octanol–water partition coefficient (Wildman–Crippen LogP) is 1.63. The van der Waals surface area contributed by atoms with E-state index in [-0.39, 0.29) is 12.5 Å². The van der Waals surface area contributed by atoms with Crippen LogP contribution in [0, 0.1) is 4.77 Å². The summed E-state index contributed by atoms with van der Waals surface area (Å²) in [6.07, 6.45) is 0.900. The van der Waals surface area contributed by atoms with Crippen molar-refractivity contribution in [2.75, 3.05) is 13.7 Å². The van der Waals surface area contributed by atoms with Gasteiger partial charge in [-0.3, -0.25) is 9.36 Å². The van der Waals surface area contributed by atoms with Crippen molar-refractivity contribution >= 4 is 29.3 Å². The highest BCUT2D eigenvalue weighted by molar-refractivity contribution is 7.71. The molecule has 0 fully saturated rings. The molecule has 2 aromatic rings. The third kappa shape index (κ3) is 2.93. The maximum atomic E-state index is 11.8. The molecule has 2 rings (SSSR count). The Morgan fingerprint density at radius 2 is 2.37 bits per heavy atom. The number of ether oxygens (including phenoxy) is 1. The Bertz CT molecular complexity index is 647. The van der Waals surface area contributed by atoms with Crippen molar-refractivity contribution in [3.8, 4) is 5.88 Å². The number of H-pyrrole nitrogens is 1. The van der Waals surface area contributed by atoms with Crippen molar-refractivity contribution in [2.24, 2.45) is 0 Å². The number of amides is 1. The van der Waals surface area contributed by atoms with Gasteiger partial charge in [-0.1, -0.05) is 6.92 Å². The number of hydrogen-bond acceptors (Lipinski definition) is 4. The summed E-state index contributed by atoms with van der Waals surface area (Å²) < 4.78 is 7.22. The number of imidazole rings is 1. The molecular weight excluding hydrogens is 264 g/mol. The quantitative estimate of drug-likeness (QED) is 0.817. The zero-order valence-electron chi connectivity index (χ0n) is 10.9. The first-order valence-corrected chi connectivity index (χ1v) is 6.46. The second kappa shape index (κ2) is 5.83. The molecule has 0 aliphatic heterocycles. The molecule has 102 valence electrons. The smallest absolute Gasteiger partial charge is 0.240 e. The monoisotopic (exact) mass is 280 g/mol. The van der Waals surface area contributed by atoms with E-state index < -0.39 is 0 Å². The molecule has 0 saturated carbocycles. The molecule has 0 unspecified atom stereocenters. The van der Waals surface area contributed by atoms with Crippen molar-refractivity contribution in [3.63, 3.8) is 0 Å². The number of methoxy groups -OCH3 is 1. The van der Waals surface area contributed by atoms with Gasteiger partial charge in [0.25, 0.3) is 0 Å². The average molecular weight is 280 g/mol. The summed E-state index contributed by atoms with van der Waals surface area (Å²) >= 11 is 5.21. The Kier molecular flexibility index (Phi) is 4.16. The molecule has 0 atom stereocenters. The van der Waals surface area contributed by atoms with Crippen LogP contribution in [0.25, 0.3) is 11.2 Å². The fourth-order valence-corrected chi connectivity index (χ4v) is 2.00. The van der Waals surface area contributed by atoms with Crippen molar-refractivity contribution < 1.29 is 9.53 Å². The Morgan fingerprint density at radius 3 is 3.05 bits per heavy atom. The number of aromatic nitrogens is 3. The maximum absolute atomic E-state index is 11.8. The molecule has 19 heavy (non-hydrogen) atoms. The van der Waals surface area contributed by atoms with Crippen LogP contribution in [0.15, 0.2) is 12.1 Å². The lowest BCUT2D eigenvalue weighted by molar-refractivity contribution is -0.121. The molecule has 0 spiro atoms. The summed E-state index contributed by atoms with van der Waals surface area (Å²) in [6, 6.07) is 3.58. The molecule has 0 aromatic carbocycles. The first-order chi connectivity index (χ1) is 9.15.